The molecule has 3 rings (SSSR count). The molecule has 10 nitrogen and oxygen atoms in total. The minimum Gasteiger partial charge on any atom is -0.467 e. The number of hydrogen-bond donors (Lipinski definition) is 4. The van der Waals surface area contributed by atoms with E-state index in [1.54, 1.807) is 0 Å². The van der Waals surface area contributed by atoms with Crippen molar-refractivity contribution in [3.05, 3.63) is 59.7 Å². The van der Waals surface area contributed by atoms with Crippen LogP contribution in [0.1, 0.15) is 43.7 Å². The topological polar surface area (TPSA) is 140 Å². The Morgan fingerprint density at radius 2 is 1.44 bits per heavy atom. The number of rotatable bonds is 12. The molecule has 0 heterocycles. The highest BCUT2D eigenvalue weighted by atomic mass is 32.1. The molecule has 0 aliphatic heterocycles. The third kappa shape index (κ3) is 8.06. The average molecular weight is 556 g/mol. The molecule has 0 bridgehead atoms. The van der Waals surface area contributed by atoms with Crippen LogP contribution in [0, 0.1) is 5.92 Å². The summed E-state index contributed by atoms with van der Waals surface area (Å²) in [5, 5.41) is 6.50. The van der Waals surface area contributed by atoms with E-state index in [1.165, 1.54) is 7.11 Å². The van der Waals surface area contributed by atoms with Gasteiger partial charge < -0.3 is 25.4 Å². The Labute approximate surface area is 232 Å². The van der Waals surface area contributed by atoms with Gasteiger partial charge >= 0.3 is 12.1 Å². The predicted octanol–water partition coefficient (Wildman–Crippen LogP) is 2.56. The molecule has 1 aliphatic carbocycles. The normalized spacial score (nSPS) is 13.5. The molecule has 3 N–H and O–H groups in total. The van der Waals surface area contributed by atoms with Gasteiger partial charge in [0.05, 0.1) is 13.5 Å². The minimum atomic E-state index is -1.26. The van der Waals surface area contributed by atoms with Crippen LogP contribution < -0.4 is 16.0 Å². The van der Waals surface area contributed by atoms with E-state index in [4.69, 9.17) is 9.47 Å². The lowest BCUT2D eigenvalue weighted by atomic mass is 9.98. The first-order valence-corrected chi connectivity index (χ1v) is 13.0. The van der Waals surface area contributed by atoms with Crippen LogP contribution in [0.15, 0.2) is 48.5 Å². The molecule has 3 amide bonds. The first-order chi connectivity index (χ1) is 18.6. The van der Waals surface area contributed by atoms with E-state index in [0.717, 1.165) is 22.3 Å². The number of thiol groups is 1. The maximum atomic E-state index is 12.5. The smallest absolute Gasteiger partial charge is 0.407 e. The highest BCUT2D eigenvalue weighted by Crippen LogP contribution is 2.44. The highest BCUT2D eigenvalue weighted by Gasteiger charge is 2.29. The van der Waals surface area contributed by atoms with Crippen LogP contribution in [0.4, 0.5) is 4.79 Å². The van der Waals surface area contributed by atoms with Crippen molar-refractivity contribution in [3.8, 4) is 11.1 Å². The summed E-state index contributed by atoms with van der Waals surface area (Å²) in [5.74, 6) is -1.99. The van der Waals surface area contributed by atoms with E-state index >= 15 is 0 Å². The summed E-state index contributed by atoms with van der Waals surface area (Å²) in [5.41, 5.74) is 4.30. The Hall–Kier alpha value is -3.86. The standard InChI is InChI=1S/C28H33N3O7S/c1-16(2)12-22(26(34)37-3)30-24(32)13-23(27(35)39)31-25(33)14-29-28(36)38-15-21-19-10-6-4-8-17(19)18-9-5-7-11-20(18)21/h4-11,16,21-23H,12-15H2,1-3H3,(H,29,36)(H,30,32)(H,31,33)(H,35,39)/t22-,23+/m0/s1. The second-order valence-electron chi connectivity index (χ2n) is 9.61. The lowest BCUT2D eigenvalue weighted by Gasteiger charge is -2.20. The van der Waals surface area contributed by atoms with E-state index in [0.29, 0.717) is 6.42 Å². The average Bonchev–Trinajstić information content (AvgIpc) is 3.22. The van der Waals surface area contributed by atoms with Crippen LogP contribution in [0.3, 0.4) is 0 Å². The molecule has 0 unspecified atom stereocenters. The minimum absolute atomic E-state index is 0.0805. The Kier molecular flexibility index (Phi) is 10.5. The monoisotopic (exact) mass is 555 g/mol. The zero-order valence-electron chi connectivity index (χ0n) is 22.1. The summed E-state index contributed by atoms with van der Waals surface area (Å²) < 4.78 is 10.1. The number of esters is 1. The van der Waals surface area contributed by atoms with Crippen molar-refractivity contribution >= 4 is 41.6 Å². The summed E-state index contributed by atoms with van der Waals surface area (Å²) in [4.78, 5) is 61.0. The molecule has 0 spiro atoms. The molecule has 2 atom stereocenters. The number of carbonyl (C=O) groups is 5. The van der Waals surface area contributed by atoms with Crippen molar-refractivity contribution < 1.29 is 33.4 Å². The third-order valence-electron chi connectivity index (χ3n) is 6.29. The largest absolute Gasteiger partial charge is 0.467 e. The maximum absolute atomic E-state index is 12.5. The second-order valence-corrected chi connectivity index (χ2v) is 10.1. The van der Waals surface area contributed by atoms with Crippen molar-refractivity contribution in [2.45, 2.75) is 44.7 Å². The number of alkyl carbamates (subject to hydrolysis) is 1. The molecule has 0 aromatic heterocycles. The molecule has 0 fully saturated rings. The lowest BCUT2D eigenvalue weighted by molar-refractivity contribution is -0.145. The summed E-state index contributed by atoms with van der Waals surface area (Å²) in [7, 11) is 1.21. The van der Waals surface area contributed by atoms with Crippen molar-refractivity contribution in [1.82, 2.24) is 16.0 Å². The van der Waals surface area contributed by atoms with E-state index < -0.39 is 54.0 Å². The molecule has 11 heteroatoms. The van der Waals surface area contributed by atoms with Gasteiger partial charge in [-0.25, -0.2) is 9.59 Å². The van der Waals surface area contributed by atoms with Crippen molar-refractivity contribution in [2.75, 3.05) is 20.3 Å². The Morgan fingerprint density at radius 3 is 1.97 bits per heavy atom. The number of fused-ring (bicyclic) bond motifs is 3. The van der Waals surface area contributed by atoms with Gasteiger partial charge in [0.2, 0.25) is 16.9 Å². The SMILES string of the molecule is COC(=O)[C@H](CC(C)C)NC(=O)C[C@@H](NC(=O)CNC(=O)OCC1c2ccccc2-c2ccccc21)C(=O)S. The Bertz CT molecular complexity index is 1190. The first-order valence-electron chi connectivity index (χ1n) is 12.6. The molecule has 0 saturated carbocycles. The molecule has 1 aliphatic rings. The van der Waals surface area contributed by atoms with E-state index in [9.17, 15) is 24.0 Å². The molecular formula is C28H33N3O7S. The van der Waals surface area contributed by atoms with Gasteiger partial charge in [-0.05, 0) is 34.6 Å². The van der Waals surface area contributed by atoms with Crippen molar-refractivity contribution in [1.29, 1.82) is 0 Å². The zero-order chi connectivity index (χ0) is 28.5. The molecule has 2 aromatic rings. The van der Waals surface area contributed by atoms with Crippen LogP contribution in [-0.4, -0.2) is 61.3 Å². The Morgan fingerprint density at radius 1 is 0.872 bits per heavy atom. The number of nitrogens with one attached hydrogen (secondary N) is 3. The van der Waals surface area contributed by atoms with Gasteiger partial charge in [0.15, 0.2) is 0 Å². The number of ether oxygens (including phenoxy) is 2. The second kappa shape index (κ2) is 13.8. The number of amides is 3. The molecule has 2 aromatic carbocycles. The van der Waals surface area contributed by atoms with Crippen LogP contribution in [0.25, 0.3) is 11.1 Å². The molecular weight excluding hydrogens is 522 g/mol. The van der Waals surface area contributed by atoms with Gasteiger partial charge in [-0.2, -0.15) is 0 Å². The van der Waals surface area contributed by atoms with E-state index in [-0.39, 0.29) is 18.4 Å². The maximum Gasteiger partial charge on any atom is 0.407 e. The molecule has 0 radical (unpaired) electrons. The van der Waals surface area contributed by atoms with Gasteiger partial charge in [0.25, 0.3) is 0 Å². The highest BCUT2D eigenvalue weighted by molar-refractivity contribution is 7.96. The fourth-order valence-corrected chi connectivity index (χ4v) is 4.67. The first kappa shape index (κ1) is 29.7. The van der Waals surface area contributed by atoms with Crippen LogP contribution in [-0.2, 0) is 28.7 Å². The number of hydrogen-bond acceptors (Lipinski definition) is 7. The van der Waals surface area contributed by atoms with Gasteiger partial charge in [0, 0.05) is 5.92 Å². The van der Waals surface area contributed by atoms with Gasteiger partial charge in [-0.3, -0.25) is 14.4 Å². The van der Waals surface area contributed by atoms with Crippen molar-refractivity contribution in [2.24, 2.45) is 5.92 Å². The third-order valence-corrected chi connectivity index (χ3v) is 6.60. The van der Waals surface area contributed by atoms with Gasteiger partial charge in [-0.15, -0.1) is 12.6 Å². The predicted molar refractivity (Wildman–Crippen MR) is 147 cm³/mol. The summed E-state index contributed by atoms with van der Waals surface area (Å²) in [6, 6.07) is 13.7. The van der Waals surface area contributed by atoms with Crippen molar-refractivity contribution in [3.63, 3.8) is 0 Å². The number of methoxy groups -OCH3 is 1. The quantitative estimate of drug-likeness (QED) is 0.233. The van der Waals surface area contributed by atoms with Crippen LogP contribution in [0.2, 0.25) is 0 Å². The van der Waals surface area contributed by atoms with E-state index in [2.05, 4.69) is 28.6 Å². The fourth-order valence-electron chi connectivity index (χ4n) is 4.51. The lowest BCUT2D eigenvalue weighted by Crippen LogP contribution is -2.49. The van der Waals surface area contributed by atoms with Gasteiger partial charge in [0.1, 0.15) is 25.2 Å². The fraction of sp³-hybridized carbons (Fsp3) is 0.393. The summed E-state index contributed by atoms with van der Waals surface area (Å²) in [6.07, 6.45) is -0.896. The number of benzene rings is 2. The van der Waals surface area contributed by atoms with Crippen LogP contribution in [0.5, 0.6) is 0 Å². The number of carbonyl (C=O) groups excluding carboxylic acids is 5. The molecule has 39 heavy (non-hydrogen) atoms. The Balaban J connectivity index is 1.49. The van der Waals surface area contributed by atoms with Crippen LogP contribution >= 0.6 is 12.6 Å². The molecule has 208 valence electrons. The summed E-state index contributed by atoms with van der Waals surface area (Å²) >= 11 is 3.75. The van der Waals surface area contributed by atoms with E-state index in [1.807, 2.05) is 62.4 Å². The molecule has 0 saturated heterocycles. The summed E-state index contributed by atoms with van der Waals surface area (Å²) in [6.45, 7) is 3.36. The van der Waals surface area contributed by atoms with Gasteiger partial charge in [-0.1, -0.05) is 62.4 Å². The zero-order valence-corrected chi connectivity index (χ0v) is 23.0.